The van der Waals surface area contributed by atoms with Gasteiger partial charge in [0.25, 0.3) is 0 Å². The zero-order valence-electron chi connectivity index (χ0n) is 23.9. The van der Waals surface area contributed by atoms with Gasteiger partial charge >= 0.3 is 0 Å². The molecule has 3 heteroatoms. The Kier molecular flexibility index (Phi) is 5.50. The first-order chi connectivity index (χ1) is 21.8. The number of nitrogens with zero attached hydrogens (tertiary/aromatic N) is 3. The molecule has 0 amide bonds. The number of pyridine rings is 1. The minimum atomic E-state index is 0.901. The highest BCUT2D eigenvalue weighted by molar-refractivity contribution is 6.23. The summed E-state index contributed by atoms with van der Waals surface area (Å²) in [5, 5.41) is 6.17. The van der Waals surface area contributed by atoms with Gasteiger partial charge in [-0.3, -0.25) is 4.57 Å². The third-order valence-corrected chi connectivity index (χ3v) is 8.72. The van der Waals surface area contributed by atoms with E-state index in [1.165, 1.54) is 38.0 Å². The van der Waals surface area contributed by atoms with E-state index in [1.54, 1.807) is 0 Å². The molecule has 0 saturated carbocycles. The number of fused-ring (bicyclic) bond motifs is 6. The van der Waals surface area contributed by atoms with Crippen LogP contribution in [0.1, 0.15) is 0 Å². The summed E-state index contributed by atoms with van der Waals surface area (Å²) in [5.41, 5.74) is 8.94. The van der Waals surface area contributed by atoms with Crippen LogP contribution in [-0.2, 0) is 0 Å². The van der Waals surface area contributed by atoms with Crippen LogP contribution in [0.5, 0.6) is 0 Å². The van der Waals surface area contributed by atoms with Crippen molar-refractivity contribution in [3.63, 3.8) is 0 Å². The Balaban J connectivity index is 1.42. The molecule has 6 aromatic carbocycles. The van der Waals surface area contributed by atoms with Gasteiger partial charge < -0.3 is 4.57 Å². The van der Waals surface area contributed by atoms with Crippen molar-refractivity contribution < 1.29 is 0 Å². The summed E-state index contributed by atoms with van der Waals surface area (Å²) in [6.07, 6.45) is 2.17. The molecule has 3 nitrogen and oxygen atoms in total. The first-order valence-corrected chi connectivity index (χ1v) is 15.0. The second-order valence-electron chi connectivity index (χ2n) is 11.3. The molecular weight excluding hydrogens is 534 g/mol. The molecule has 0 unspecified atom stereocenters. The third-order valence-electron chi connectivity index (χ3n) is 8.72. The largest absolute Gasteiger partial charge is 0.316 e. The van der Waals surface area contributed by atoms with Crippen molar-refractivity contribution in [3.8, 4) is 33.9 Å². The highest BCUT2D eigenvalue weighted by Gasteiger charge is 2.19. The highest BCUT2D eigenvalue weighted by Crippen LogP contribution is 2.40. The van der Waals surface area contributed by atoms with Gasteiger partial charge in [0.15, 0.2) is 0 Å². The van der Waals surface area contributed by atoms with Crippen LogP contribution in [0.25, 0.3) is 77.4 Å². The molecule has 9 rings (SSSR count). The van der Waals surface area contributed by atoms with Gasteiger partial charge in [-0.2, -0.15) is 0 Å². The Hall–Kier alpha value is -5.93. The molecule has 3 heterocycles. The van der Waals surface area contributed by atoms with Crippen molar-refractivity contribution >= 4 is 43.5 Å². The number of rotatable bonds is 4. The number of hydrogen-bond acceptors (Lipinski definition) is 1. The van der Waals surface area contributed by atoms with Crippen LogP contribution in [0.3, 0.4) is 0 Å². The molecule has 0 saturated heterocycles. The lowest BCUT2D eigenvalue weighted by molar-refractivity contribution is 1.08. The molecule has 9 aromatic rings. The number of benzene rings is 6. The van der Waals surface area contributed by atoms with Gasteiger partial charge in [-0.25, -0.2) is 4.98 Å². The predicted octanol–water partition coefficient (Wildman–Crippen LogP) is 10.6. The lowest BCUT2D eigenvalue weighted by Crippen LogP contribution is -2.00. The lowest BCUT2D eigenvalue weighted by Gasteiger charge is -2.13. The monoisotopic (exact) mass is 561 g/mol. The van der Waals surface area contributed by atoms with Crippen LogP contribution in [0, 0.1) is 0 Å². The topological polar surface area (TPSA) is 22.8 Å². The first kappa shape index (κ1) is 24.6. The molecule has 206 valence electrons. The van der Waals surface area contributed by atoms with E-state index in [-0.39, 0.29) is 0 Å². The zero-order valence-corrected chi connectivity index (χ0v) is 23.9. The van der Waals surface area contributed by atoms with Crippen LogP contribution in [0.2, 0.25) is 0 Å². The summed E-state index contributed by atoms with van der Waals surface area (Å²) in [5.74, 6) is 0.901. The Bertz CT molecular complexity index is 2410. The second-order valence-corrected chi connectivity index (χ2v) is 11.3. The maximum atomic E-state index is 5.36. The van der Waals surface area contributed by atoms with Crippen molar-refractivity contribution in [1.82, 2.24) is 14.1 Å². The highest BCUT2D eigenvalue weighted by atomic mass is 15.1. The summed E-state index contributed by atoms with van der Waals surface area (Å²) >= 11 is 0. The lowest BCUT2D eigenvalue weighted by atomic mass is 10.0. The van der Waals surface area contributed by atoms with E-state index in [9.17, 15) is 0 Å². The molecule has 0 radical (unpaired) electrons. The molecule has 0 atom stereocenters. The third kappa shape index (κ3) is 3.87. The standard InChI is InChI=1S/C41H27N3/c1-4-12-28(13-5-1)32-25-36(30-15-6-2-7-16-30)42-40(26-32)44-37-21-20-29-14-10-11-19-34(29)41(37)35-24-31-22-23-43(38(31)27-39(35)44)33-17-8-3-9-18-33/h1-27H. The van der Waals surface area contributed by atoms with Crippen LogP contribution < -0.4 is 0 Å². The van der Waals surface area contributed by atoms with Crippen molar-refractivity contribution in [1.29, 1.82) is 0 Å². The molecule has 3 aromatic heterocycles. The van der Waals surface area contributed by atoms with Crippen molar-refractivity contribution in [3.05, 3.63) is 164 Å². The SMILES string of the molecule is c1ccc(-c2cc(-c3ccccc3)nc(-n3c4cc5c(ccn5-c5ccccc5)cc4c4c5ccccc5ccc43)c2)cc1. The van der Waals surface area contributed by atoms with Crippen LogP contribution in [0.15, 0.2) is 164 Å². The van der Waals surface area contributed by atoms with Crippen molar-refractivity contribution in [2.75, 3.05) is 0 Å². The number of aromatic nitrogens is 3. The Morgan fingerprint density at radius 3 is 1.93 bits per heavy atom. The van der Waals surface area contributed by atoms with Gasteiger partial charge in [-0.1, -0.05) is 109 Å². The van der Waals surface area contributed by atoms with E-state index >= 15 is 0 Å². The smallest absolute Gasteiger partial charge is 0.138 e. The van der Waals surface area contributed by atoms with Gasteiger partial charge in [-0.05, 0) is 70.4 Å². The average Bonchev–Trinajstić information content (AvgIpc) is 3.67. The Morgan fingerprint density at radius 2 is 1.14 bits per heavy atom. The fourth-order valence-electron chi connectivity index (χ4n) is 6.66. The van der Waals surface area contributed by atoms with E-state index in [0.717, 1.165) is 39.4 Å². The number of para-hydroxylation sites is 1. The fraction of sp³-hybridized carbons (Fsp3) is 0. The molecule has 0 fully saturated rings. The van der Waals surface area contributed by atoms with Crippen LogP contribution in [-0.4, -0.2) is 14.1 Å². The maximum absolute atomic E-state index is 5.36. The minimum absolute atomic E-state index is 0.901. The van der Waals surface area contributed by atoms with E-state index in [4.69, 9.17) is 4.98 Å². The van der Waals surface area contributed by atoms with Crippen LogP contribution >= 0.6 is 0 Å². The summed E-state index contributed by atoms with van der Waals surface area (Å²) < 4.78 is 4.63. The molecule has 0 spiro atoms. The Morgan fingerprint density at radius 1 is 0.432 bits per heavy atom. The molecule has 0 aliphatic rings. The minimum Gasteiger partial charge on any atom is -0.316 e. The molecule has 0 bridgehead atoms. The summed E-state index contributed by atoms with van der Waals surface area (Å²) in [6, 6.07) is 56.2. The van der Waals surface area contributed by atoms with E-state index in [2.05, 4.69) is 173 Å². The van der Waals surface area contributed by atoms with Gasteiger partial charge in [0, 0.05) is 33.6 Å². The van der Waals surface area contributed by atoms with E-state index in [1.807, 2.05) is 0 Å². The predicted molar refractivity (Wildman–Crippen MR) is 184 cm³/mol. The summed E-state index contributed by atoms with van der Waals surface area (Å²) in [7, 11) is 0. The quantitative estimate of drug-likeness (QED) is 0.210. The van der Waals surface area contributed by atoms with E-state index < -0.39 is 0 Å². The van der Waals surface area contributed by atoms with Gasteiger partial charge in [0.05, 0.1) is 22.2 Å². The fourth-order valence-corrected chi connectivity index (χ4v) is 6.66. The molecule has 0 aliphatic heterocycles. The van der Waals surface area contributed by atoms with Gasteiger partial charge in [-0.15, -0.1) is 0 Å². The van der Waals surface area contributed by atoms with Crippen LogP contribution in [0.4, 0.5) is 0 Å². The van der Waals surface area contributed by atoms with Gasteiger partial charge in [0.1, 0.15) is 5.82 Å². The normalized spacial score (nSPS) is 11.6. The van der Waals surface area contributed by atoms with E-state index in [0.29, 0.717) is 0 Å². The Labute approximate surface area is 254 Å². The molecule has 44 heavy (non-hydrogen) atoms. The number of hydrogen-bond donors (Lipinski definition) is 0. The first-order valence-electron chi connectivity index (χ1n) is 15.0. The molecule has 0 N–H and O–H groups in total. The molecule has 0 aliphatic carbocycles. The van der Waals surface area contributed by atoms with Crippen molar-refractivity contribution in [2.45, 2.75) is 0 Å². The summed E-state index contributed by atoms with van der Waals surface area (Å²) in [6.45, 7) is 0. The average molecular weight is 562 g/mol. The van der Waals surface area contributed by atoms with Crippen molar-refractivity contribution in [2.24, 2.45) is 0 Å². The summed E-state index contributed by atoms with van der Waals surface area (Å²) in [4.78, 5) is 5.36. The van der Waals surface area contributed by atoms with Gasteiger partial charge in [0.2, 0.25) is 0 Å². The molecular formula is C41H27N3. The zero-order chi connectivity index (χ0) is 29.0. The second kappa shape index (κ2) is 9.82. The maximum Gasteiger partial charge on any atom is 0.138 e.